The Kier molecular flexibility index (Phi) is 5.22. The van der Waals surface area contributed by atoms with Crippen molar-refractivity contribution in [2.45, 2.75) is 16.0 Å². The predicted molar refractivity (Wildman–Crippen MR) is 96.1 cm³/mol. The van der Waals surface area contributed by atoms with Gasteiger partial charge in [-0.25, -0.2) is 5.10 Å². The molecule has 0 fully saturated rings. The first-order valence-electron chi connectivity index (χ1n) is 7.02. The molecule has 3 aromatic rings. The predicted octanol–water partition coefficient (Wildman–Crippen LogP) is 5.61. The summed E-state index contributed by atoms with van der Waals surface area (Å²) in [6, 6.07) is 8.24. The molecule has 26 heavy (non-hydrogen) atoms. The highest BCUT2D eigenvalue weighted by atomic mass is 35.5. The molecule has 1 aromatic heterocycles. The van der Waals surface area contributed by atoms with Crippen LogP contribution in [0.2, 0.25) is 10.0 Å². The number of benzene rings is 2. The first-order valence-corrected chi connectivity index (χ1v) is 8.59. The van der Waals surface area contributed by atoms with Crippen molar-refractivity contribution >= 4 is 52.5 Å². The lowest BCUT2D eigenvalue weighted by Gasteiger charge is -2.14. The summed E-state index contributed by atoms with van der Waals surface area (Å²) in [5.41, 5.74) is 5.15. The molecule has 0 saturated heterocycles. The van der Waals surface area contributed by atoms with Crippen LogP contribution in [-0.4, -0.2) is 15.2 Å². The molecule has 136 valence electrons. The molecule has 5 nitrogen and oxygen atoms in total. The summed E-state index contributed by atoms with van der Waals surface area (Å²) in [6.45, 7) is 0. The fourth-order valence-electron chi connectivity index (χ4n) is 2.09. The quantitative estimate of drug-likeness (QED) is 0.512. The zero-order chi connectivity index (χ0) is 18.9. The van der Waals surface area contributed by atoms with Crippen molar-refractivity contribution in [3.05, 3.63) is 52.0 Å². The summed E-state index contributed by atoms with van der Waals surface area (Å²) in [4.78, 5) is 4.19. The Labute approximate surface area is 160 Å². The van der Waals surface area contributed by atoms with Crippen LogP contribution in [0.15, 0.2) is 46.2 Å². The van der Waals surface area contributed by atoms with E-state index in [0.717, 1.165) is 17.8 Å². The van der Waals surface area contributed by atoms with Gasteiger partial charge in [-0.05, 0) is 24.3 Å². The van der Waals surface area contributed by atoms with E-state index in [1.54, 1.807) is 0 Å². The van der Waals surface area contributed by atoms with Crippen molar-refractivity contribution < 1.29 is 13.2 Å². The zero-order valence-corrected chi connectivity index (χ0v) is 15.1. The number of nitrogen functional groups attached to an aromatic ring is 1. The van der Waals surface area contributed by atoms with Gasteiger partial charge in [-0.1, -0.05) is 47.1 Å². The van der Waals surface area contributed by atoms with E-state index < -0.39 is 11.7 Å². The number of halogens is 5. The van der Waals surface area contributed by atoms with Crippen LogP contribution < -0.4 is 11.1 Å². The average Bonchev–Trinajstić information content (AvgIpc) is 2.95. The molecule has 4 N–H and O–H groups in total. The van der Waals surface area contributed by atoms with Crippen LogP contribution >= 0.6 is 35.0 Å². The van der Waals surface area contributed by atoms with Gasteiger partial charge < -0.3 is 11.1 Å². The average molecular weight is 420 g/mol. The molecule has 0 saturated carbocycles. The second kappa shape index (κ2) is 7.26. The summed E-state index contributed by atoms with van der Waals surface area (Å²) in [7, 11) is 0. The molecule has 2 aromatic carbocycles. The minimum Gasteiger partial charge on any atom is -0.368 e. The van der Waals surface area contributed by atoms with Gasteiger partial charge in [0.15, 0.2) is 0 Å². The SMILES string of the molecule is Nc1nc(Nc2cc(Cl)c(Sc3ccccc3C(F)(F)F)c(Cl)c2)n[nH]1. The topological polar surface area (TPSA) is 79.6 Å². The van der Waals surface area contributed by atoms with E-state index in [1.165, 1.54) is 30.3 Å². The first kappa shape index (κ1) is 18.7. The number of H-pyrrole nitrogens is 1. The number of aromatic amines is 1. The number of nitrogens with one attached hydrogen (secondary N) is 2. The summed E-state index contributed by atoms with van der Waals surface area (Å²) in [5.74, 6) is 0.332. The van der Waals surface area contributed by atoms with Crippen LogP contribution in [0.5, 0.6) is 0 Å². The van der Waals surface area contributed by atoms with Crippen molar-refractivity contribution in [2.24, 2.45) is 0 Å². The number of nitrogens with two attached hydrogens (primary N) is 1. The highest BCUT2D eigenvalue weighted by molar-refractivity contribution is 7.99. The van der Waals surface area contributed by atoms with E-state index >= 15 is 0 Å². The number of alkyl halides is 3. The maximum atomic E-state index is 13.1. The van der Waals surface area contributed by atoms with Crippen molar-refractivity contribution in [3.8, 4) is 0 Å². The van der Waals surface area contributed by atoms with E-state index in [-0.39, 0.29) is 26.8 Å². The van der Waals surface area contributed by atoms with Crippen LogP contribution in [0, 0.1) is 0 Å². The highest BCUT2D eigenvalue weighted by Crippen LogP contribution is 2.45. The standard InChI is InChI=1S/C15H10Cl2F3N5S/c16-9-5-7(22-14-23-13(21)24-25-14)6-10(17)12(9)26-11-4-2-1-3-8(11)15(18,19)20/h1-6H,(H4,21,22,23,24,25). The minimum atomic E-state index is -4.48. The monoisotopic (exact) mass is 419 g/mol. The smallest absolute Gasteiger partial charge is 0.368 e. The fourth-order valence-corrected chi connectivity index (χ4v) is 3.78. The molecule has 0 spiro atoms. The van der Waals surface area contributed by atoms with Crippen LogP contribution in [-0.2, 0) is 6.18 Å². The van der Waals surface area contributed by atoms with Gasteiger partial charge in [0.05, 0.1) is 15.6 Å². The van der Waals surface area contributed by atoms with Crippen LogP contribution in [0.4, 0.5) is 30.8 Å². The van der Waals surface area contributed by atoms with Gasteiger partial charge in [0, 0.05) is 15.5 Å². The van der Waals surface area contributed by atoms with E-state index in [9.17, 15) is 13.2 Å². The van der Waals surface area contributed by atoms with Gasteiger partial charge in [-0.3, -0.25) is 0 Å². The Morgan fingerprint density at radius 1 is 1.12 bits per heavy atom. The lowest BCUT2D eigenvalue weighted by atomic mass is 10.2. The molecule has 0 aliphatic heterocycles. The number of aromatic nitrogens is 3. The summed E-state index contributed by atoms with van der Waals surface area (Å²) >= 11 is 13.3. The maximum absolute atomic E-state index is 13.1. The molecular formula is C15H10Cl2F3N5S. The van der Waals surface area contributed by atoms with E-state index in [0.29, 0.717) is 10.6 Å². The van der Waals surface area contributed by atoms with Gasteiger partial charge in [0.25, 0.3) is 0 Å². The number of anilines is 3. The van der Waals surface area contributed by atoms with Crippen molar-refractivity contribution in [3.63, 3.8) is 0 Å². The second-order valence-corrected chi connectivity index (χ2v) is 6.90. The molecule has 0 amide bonds. The summed E-state index contributed by atoms with van der Waals surface area (Å²) in [6.07, 6.45) is -4.48. The minimum absolute atomic E-state index is 0.00579. The Balaban J connectivity index is 1.90. The number of rotatable bonds is 4. The molecule has 0 bridgehead atoms. The van der Waals surface area contributed by atoms with Crippen molar-refractivity contribution in [1.29, 1.82) is 0 Å². The third-order valence-electron chi connectivity index (χ3n) is 3.16. The van der Waals surface area contributed by atoms with Crippen LogP contribution in [0.3, 0.4) is 0 Å². The van der Waals surface area contributed by atoms with Gasteiger partial charge in [0.2, 0.25) is 11.9 Å². The lowest BCUT2D eigenvalue weighted by molar-refractivity contribution is -0.139. The van der Waals surface area contributed by atoms with Gasteiger partial charge in [-0.15, -0.1) is 5.10 Å². The van der Waals surface area contributed by atoms with E-state index in [1.807, 2.05) is 0 Å². The van der Waals surface area contributed by atoms with E-state index in [4.69, 9.17) is 28.9 Å². The third-order valence-corrected chi connectivity index (χ3v) is 5.20. The Bertz CT molecular complexity index is 922. The molecule has 0 radical (unpaired) electrons. The summed E-state index contributed by atoms with van der Waals surface area (Å²) in [5, 5.41) is 9.48. The number of nitrogens with zero attached hydrogens (tertiary/aromatic N) is 2. The third kappa shape index (κ3) is 4.17. The summed E-state index contributed by atoms with van der Waals surface area (Å²) < 4.78 is 39.4. The van der Waals surface area contributed by atoms with Crippen LogP contribution in [0.25, 0.3) is 0 Å². The second-order valence-electron chi connectivity index (χ2n) is 5.03. The fraction of sp³-hybridized carbons (Fsp3) is 0.0667. The van der Waals surface area contributed by atoms with Crippen LogP contribution in [0.1, 0.15) is 5.56 Å². The van der Waals surface area contributed by atoms with Crippen molar-refractivity contribution in [2.75, 3.05) is 11.1 Å². The maximum Gasteiger partial charge on any atom is 0.417 e. The molecule has 0 aliphatic rings. The molecule has 0 atom stereocenters. The molecule has 3 rings (SSSR count). The van der Waals surface area contributed by atoms with E-state index in [2.05, 4.69) is 20.5 Å². The molecular weight excluding hydrogens is 410 g/mol. The Hall–Kier alpha value is -2.10. The van der Waals surface area contributed by atoms with Gasteiger partial charge >= 0.3 is 6.18 Å². The molecule has 11 heteroatoms. The van der Waals surface area contributed by atoms with Gasteiger partial charge in [0.1, 0.15) is 0 Å². The largest absolute Gasteiger partial charge is 0.417 e. The number of hydrogen-bond donors (Lipinski definition) is 3. The molecule has 0 unspecified atom stereocenters. The molecule has 0 aliphatic carbocycles. The normalized spacial score (nSPS) is 11.6. The highest BCUT2D eigenvalue weighted by Gasteiger charge is 2.33. The lowest BCUT2D eigenvalue weighted by Crippen LogP contribution is -2.06. The Morgan fingerprint density at radius 3 is 2.35 bits per heavy atom. The Morgan fingerprint density at radius 2 is 1.77 bits per heavy atom. The van der Waals surface area contributed by atoms with Gasteiger partial charge in [-0.2, -0.15) is 18.2 Å². The zero-order valence-electron chi connectivity index (χ0n) is 12.7. The van der Waals surface area contributed by atoms with Crippen molar-refractivity contribution in [1.82, 2.24) is 15.2 Å². The molecule has 1 heterocycles. The number of hydrogen-bond acceptors (Lipinski definition) is 5. The first-order chi connectivity index (χ1) is 12.2.